The molecule has 2 aromatic rings. The van der Waals surface area contributed by atoms with Gasteiger partial charge in [0.2, 0.25) is 5.91 Å². The molecule has 0 bridgehead atoms. The first-order valence-corrected chi connectivity index (χ1v) is 5.79. The van der Waals surface area contributed by atoms with Crippen molar-refractivity contribution < 1.29 is 9.53 Å². The van der Waals surface area contributed by atoms with Crippen LogP contribution in [0.15, 0.2) is 30.6 Å². The maximum atomic E-state index is 11.2. The first kappa shape index (κ1) is 12.9. The highest BCUT2D eigenvalue weighted by Gasteiger charge is 2.08. The van der Waals surface area contributed by atoms with E-state index in [9.17, 15) is 4.79 Å². The molecule has 100 valence electrons. The number of aromatic nitrogens is 2. The van der Waals surface area contributed by atoms with Crippen molar-refractivity contribution in [2.24, 2.45) is 12.8 Å². The third kappa shape index (κ3) is 2.85. The molecule has 0 saturated carbocycles. The lowest BCUT2D eigenvalue weighted by molar-refractivity contribution is 0.100. The fourth-order valence-corrected chi connectivity index (χ4v) is 1.74. The molecule has 6 heteroatoms. The smallest absolute Gasteiger partial charge is 0.248 e. The maximum absolute atomic E-state index is 11.2. The molecule has 0 fully saturated rings. The molecule has 1 aromatic heterocycles. The number of carbonyl (C=O) groups is 1. The van der Waals surface area contributed by atoms with Gasteiger partial charge in [0.15, 0.2) is 0 Å². The third-order valence-corrected chi connectivity index (χ3v) is 2.84. The topological polar surface area (TPSA) is 82.2 Å². The van der Waals surface area contributed by atoms with Crippen LogP contribution in [0, 0.1) is 0 Å². The minimum absolute atomic E-state index is 0.433. The van der Waals surface area contributed by atoms with Crippen molar-refractivity contribution in [3.05, 3.63) is 42.0 Å². The lowest BCUT2D eigenvalue weighted by Crippen LogP contribution is -2.12. The van der Waals surface area contributed by atoms with Crippen LogP contribution in [0.3, 0.4) is 0 Å². The van der Waals surface area contributed by atoms with Crippen molar-refractivity contribution >= 4 is 11.6 Å². The molecule has 19 heavy (non-hydrogen) atoms. The van der Waals surface area contributed by atoms with Crippen LogP contribution in [0.1, 0.15) is 16.2 Å². The van der Waals surface area contributed by atoms with Crippen molar-refractivity contribution in [3.8, 4) is 5.75 Å². The number of aryl methyl sites for hydroxylation is 1. The minimum atomic E-state index is -0.470. The average Bonchev–Trinajstić information content (AvgIpc) is 2.81. The number of amides is 1. The molecule has 0 spiro atoms. The summed E-state index contributed by atoms with van der Waals surface area (Å²) < 4.78 is 7.15. The number of anilines is 1. The van der Waals surface area contributed by atoms with Gasteiger partial charge in [-0.05, 0) is 18.2 Å². The van der Waals surface area contributed by atoms with Crippen molar-refractivity contribution in [1.29, 1.82) is 0 Å². The van der Waals surface area contributed by atoms with Crippen LogP contribution in [0.25, 0.3) is 0 Å². The Morgan fingerprint density at radius 2 is 2.32 bits per heavy atom. The van der Waals surface area contributed by atoms with E-state index in [1.54, 1.807) is 31.5 Å². The molecule has 1 heterocycles. The Morgan fingerprint density at radius 3 is 2.89 bits per heavy atom. The van der Waals surface area contributed by atoms with Crippen LogP contribution in [0.4, 0.5) is 5.69 Å². The van der Waals surface area contributed by atoms with Crippen LogP contribution in [0.5, 0.6) is 5.75 Å². The Hall–Kier alpha value is -2.50. The number of ether oxygens (including phenoxy) is 1. The maximum Gasteiger partial charge on any atom is 0.248 e. The Morgan fingerprint density at radius 1 is 1.53 bits per heavy atom. The number of benzene rings is 1. The second-order valence-electron chi connectivity index (χ2n) is 4.09. The minimum Gasteiger partial charge on any atom is -0.495 e. The predicted molar refractivity (Wildman–Crippen MR) is 72.0 cm³/mol. The number of hydrogen-bond donors (Lipinski definition) is 2. The second kappa shape index (κ2) is 5.43. The van der Waals surface area contributed by atoms with Gasteiger partial charge in [-0.1, -0.05) is 0 Å². The number of methoxy groups -OCH3 is 1. The summed E-state index contributed by atoms with van der Waals surface area (Å²) >= 11 is 0. The number of rotatable bonds is 5. The number of carbonyl (C=O) groups excluding carboxylic acids is 1. The van der Waals surface area contributed by atoms with Crippen molar-refractivity contribution in [2.75, 3.05) is 12.4 Å². The highest BCUT2D eigenvalue weighted by atomic mass is 16.5. The number of primary amides is 1. The number of nitrogens with zero attached hydrogens (tertiary/aromatic N) is 2. The molecule has 0 aliphatic rings. The van der Waals surface area contributed by atoms with Crippen LogP contribution < -0.4 is 15.8 Å². The third-order valence-electron chi connectivity index (χ3n) is 2.84. The monoisotopic (exact) mass is 260 g/mol. The van der Waals surface area contributed by atoms with Gasteiger partial charge in [0, 0.05) is 25.0 Å². The molecule has 0 unspecified atom stereocenters. The van der Waals surface area contributed by atoms with Gasteiger partial charge in [0.1, 0.15) is 11.6 Å². The number of nitrogens with two attached hydrogens (primary N) is 1. The standard InChI is InChI=1S/C13H16N4O2/c1-17-6-5-15-12(17)8-16-10-7-9(13(14)18)3-4-11(10)19-2/h3-7,16H,8H2,1-2H3,(H2,14,18). The summed E-state index contributed by atoms with van der Waals surface area (Å²) in [6.45, 7) is 0.530. The second-order valence-corrected chi connectivity index (χ2v) is 4.09. The van der Waals surface area contributed by atoms with E-state index in [1.165, 1.54) is 0 Å². The quantitative estimate of drug-likeness (QED) is 0.844. The lowest BCUT2D eigenvalue weighted by atomic mass is 10.1. The van der Waals surface area contributed by atoms with Crippen LogP contribution in [-0.4, -0.2) is 22.6 Å². The fourth-order valence-electron chi connectivity index (χ4n) is 1.74. The van der Waals surface area contributed by atoms with Crippen molar-refractivity contribution in [3.63, 3.8) is 0 Å². The number of hydrogen-bond acceptors (Lipinski definition) is 4. The van der Waals surface area contributed by atoms with Crippen LogP contribution >= 0.6 is 0 Å². The van der Waals surface area contributed by atoms with E-state index in [0.29, 0.717) is 23.5 Å². The zero-order valence-corrected chi connectivity index (χ0v) is 10.9. The molecule has 1 aromatic carbocycles. The zero-order chi connectivity index (χ0) is 13.8. The predicted octanol–water partition coefficient (Wildman–Crippen LogP) is 1.14. The Balaban J connectivity index is 2.20. The molecular formula is C13H16N4O2. The normalized spacial score (nSPS) is 10.2. The van der Waals surface area contributed by atoms with Gasteiger partial charge >= 0.3 is 0 Å². The van der Waals surface area contributed by atoms with Crippen molar-refractivity contribution in [1.82, 2.24) is 9.55 Å². The highest BCUT2D eigenvalue weighted by molar-refractivity contribution is 5.94. The lowest BCUT2D eigenvalue weighted by Gasteiger charge is -2.12. The Kier molecular flexibility index (Phi) is 3.70. The van der Waals surface area contributed by atoms with Crippen LogP contribution in [0.2, 0.25) is 0 Å². The zero-order valence-electron chi connectivity index (χ0n) is 10.9. The molecule has 0 saturated heterocycles. The SMILES string of the molecule is COc1ccc(C(N)=O)cc1NCc1nccn1C. The highest BCUT2D eigenvalue weighted by Crippen LogP contribution is 2.25. The first-order chi connectivity index (χ1) is 9.11. The summed E-state index contributed by atoms with van der Waals surface area (Å²) in [6, 6.07) is 5.01. The molecule has 6 nitrogen and oxygen atoms in total. The molecule has 2 rings (SSSR count). The van der Waals surface area contributed by atoms with Gasteiger partial charge in [0.25, 0.3) is 0 Å². The summed E-state index contributed by atoms with van der Waals surface area (Å²) in [5.41, 5.74) is 6.41. The summed E-state index contributed by atoms with van der Waals surface area (Å²) in [5.74, 6) is 1.06. The molecule has 0 radical (unpaired) electrons. The van der Waals surface area contributed by atoms with Gasteiger partial charge in [-0.2, -0.15) is 0 Å². The molecule has 0 aliphatic carbocycles. The molecule has 0 aliphatic heterocycles. The Labute approximate surface area is 111 Å². The Bertz CT molecular complexity index is 592. The van der Waals surface area contributed by atoms with E-state index >= 15 is 0 Å². The van der Waals surface area contributed by atoms with Gasteiger partial charge in [-0.15, -0.1) is 0 Å². The average molecular weight is 260 g/mol. The van der Waals surface area contributed by atoms with E-state index < -0.39 is 5.91 Å². The molecular weight excluding hydrogens is 244 g/mol. The summed E-state index contributed by atoms with van der Waals surface area (Å²) in [5, 5.41) is 3.19. The number of imidazole rings is 1. The van der Waals surface area contributed by atoms with Crippen molar-refractivity contribution in [2.45, 2.75) is 6.54 Å². The molecule has 1 amide bonds. The van der Waals surface area contributed by atoms with Gasteiger partial charge in [0.05, 0.1) is 19.3 Å². The van der Waals surface area contributed by atoms with Gasteiger partial charge in [-0.25, -0.2) is 4.98 Å². The molecule has 0 atom stereocenters. The fraction of sp³-hybridized carbons (Fsp3) is 0.231. The summed E-state index contributed by atoms with van der Waals surface area (Å²) in [6.07, 6.45) is 3.60. The first-order valence-electron chi connectivity index (χ1n) is 5.79. The van der Waals surface area contributed by atoms with E-state index in [1.807, 2.05) is 17.8 Å². The summed E-state index contributed by atoms with van der Waals surface area (Å²) in [7, 11) is 3.49. The van der Waals surface area contributed by atoms with E-state index in [4.69, 9.17) is 10.5 Å². The van der Waals surface area contributed by atoms with Gasteiger partial charge < -0.3 is 20.4 Å². The van der Waals surface area contributed by atoms with E-state index in [-0.39, 0.29) is 0 Å². The van der Waals surface area contributed by atoms with E-state index in [0.717, 1.165) is 5.82 Å². The van der Waals surface area contributed by atoms with Gasteiger partial charge in [-0.3, -0.25) is 4.79 Å². The van der Waals surface area contributed by atoms with Crippen LogP contribution in [-0.2, 0) is 13.6 Å². The number of nitrogens with one attached hydrogen (secondary N) is 1. The summed E-state index contributed by atoms with van der Waals surface area (Å²) in [4.78, 5) is 15.4. The molecule has 3 N–H and O–H groups in total. The van der Waals surface area contributed by atoms with E-state index in [2.05, 4.69) is 10.3 Å². The largest absolute Gasteiger partial charge is 0.495 e.